The largest absolute Gasteiger partial charge is 0.444 e. The minimum absolute atomic E-state index is 0.149. The normalized spacial score (nSPS) is 34.7. The Hall–Kier alpha value is -0.770. The number of hydrogen-bond acceptors (Lipinski definition) is 3. The molecule has 2 rings (SSSR count). The molecule has 1 amide bonds. The van der Waals surface area contributed by atoms with Gasteiger partial charge in [-0.25, -0.2) is 4.79 Å². The molecule has 15 heavy (non-hydrogen) atoms. The van der Waals surface area contributed by atoms with E-state index in [9.17, 15) is 4.79 Å². The van der Waals surface area contributed by atoms with Crippen LogP contribution in [-0.2, 0) is 4.74 Å². The monoisotopic (exact) mass is 212 g/mol. The van der Waals surface area contributed by atoms with Crippen LogP contribution in [0.4, 0.5) is 4.79 Å². The minimum Gasteiger partial charge on any atom is -0.444 e. The van der Waals surface area contributed by atoms with E-state index in [4.69, 9.17) is 10.5 Å². The smallest absolute Gasteiger partial charge is 0.410 e. The SMILES string of the molecule is CC(C)(C)OC(=O)N1C[C@@H]2C[C@@H]2[C@@H](N)C1. The van der Waals surface area contributed by atoms with Crippen molar-refractivity contribution in [2.75, 3.05) is 13.1 Å². The molecule has 2 fully saturated rings. The molecule has 0 bridgehead atoms. The van der Waals surface area contributed by atoms with E-state index < -0.39 is 5.60 Å². The van der Waals surface area contributed by atoms with E-state index in [2.05, 4.69) is 0 Å². The van der Waals surface area contributed by atoms with Crippen molar-refractivity contribution in [1.82, 2.24) is 4.90 Å². The Labute approximate surface area is 90.8 Å². The zero-order valence-corrected chi connectivity index (χ0v) is 9.69. The van der Waals surface area contributed by atoms with Crippen LogP contribution in [0.3, 0.4) is 0 Å². The molecule has 2 N–H and O–H groups in total. The van der Waals surface area contributed by atoms with E-state index in [0.29, 0.717) is 18.4 Å². The summed E-state index contributed by atoms with van der Waals surface area (Å²) >= 11 is 0. The van der Waals surface area contributed by atoms with Gasteiger partial charge in [0.15, 0.2) is 0 Å². The first-order valence-electron chi connectivity index (χ1n) is 5.60. The van der Waals surface area contributed by atoms with Crippen molar-refractivity contribution in [2.45, 2.75) is 38.8 Å². The van der Waals surface area contributed by atoms with Crippen molar-refractivity contribution in [3.63, 3.8) is 0 Å². The summed E-state index contributed by atoms with van der Waals surface area (Å²) in [6.45, 7) is 7.13. The van der Waals surface area contributed by atoms with Gasteiger partial charge in [-0.15, -0.1) is 0 Å². The number of carbonyl (C=O) groups excluding carboxylic acids is 1. The van der Waals surface area contributed by atoms with Gasteiger partial charge in [0.2, 0.25) is 0 Å². The van der Waals surface area contributed by atoms with E-state index >= 15 is 0 Å². The molecule has 1 saturated heterocycles. The fourth-order valence-electron chi connectivity index (χ4n) is 2.23. The Morgan fingerprint density at radius 2 is 2.07 bits per heavy atom. The van der Waals surface area contributed by atoms with Gasteiger partial charge in [-0.1, -0.05) is 0 Å². The predicted octanol–water partition coefficient (Wildman–Crippen LogP) is 1.20. The first-order valence-corrected chi connectivity index (χ1v) is 5.60. The second kappa shape index (κ2) is 3.37. The summed E-state index contributed by atoms with van der Waals surface area (Å²) in [6, 6.07) is 0.149. The Morgan fingerprint density at radius 3 is 2.60 bits per heavy atom. The lowest BCUT2D eigenvalue weighted by atomic mass is 10.1. The third kappa shape index (κ3) is 2.43. The highest BCUT2D eigenvalue weighted by molar-refractivity contribution is 5.68. The number of ether oxygens (including phenoxy) is 1. The Bertz CT molecular complexity index is 272. The standard InChI is InChI=1S/C11H20N2O2/c1-11(2,3)15-10(14)13-5-7-4-8(7)9(12)6-13/h7-9H,4-6,12H2,1-3H3/t7-,8-,9-/m0/s1. The number of hydrogen-bond donors (Lipinski definition) is 1. The molecular weight excluding hydrogens is 192 g/mol. The maximum absolute atomic E-state index is 11.8. The quantitative estimate of drug-likeness (QED) is 0.656. The Balaban J connectivity index is 1.90. The van der Waals surface area contributed by atoms with Gasteiger partial charge in [0.25, 0.3) is 0 Å². The van der Waals surface area contributed by atoms with E-state index in [1.807, 2.05) is 20.8 Å². The molecule has 1 heterocycles. The molecule has 86 valence electrons. The molecular formula is C11H20N2O2. The van der Waals surface area contributed by atoms with Crippen LogP contribution in [-0.4, -0.2) is 35.7 Å². The third-order valence-corrected chi connectivity index (χ3v) is 3.07. The summed E-state index contributed by atoms with van der Waals surface area (Å²) in [5.41, 5.74) is 5.55. The van der Waals surface area contributed by atoms with Gasteiger partial charge in [-0.3, -0.25) is 0 Å². The topological polar surface area (TPSA) is 55.6 Å². The molecule has 0 radical (unpaired) electrons. The fourth-order valence-corrected chi connectivity index (χ4v) is 2.23. The summed E-state index contributed by atoms with van der Waals surface area (Å²) in [5, 5.41) is 0. The van der Waals surface area contributed by atoms with Crippen molar-refractivity contribution >= 4 is 6.09 Å². The lowest BCUT2D eigenvalue weighted by Crippen LogP contribution is -2.48. The zero-order chi connectivity index (χ0) is 11.2. The number of nitrogens with two attached hydrogens (primary N) is 1. The highest BCUT2D eigenvalue weighted by Crippen LogP contribution is 2.44. The van der Waals surface area contributed by atoms with Crippen LogP contribution in [0, 0.1) is 11.8 Å². The zero-order valence-electron chi connectivity index (χ0n) is 9.69. The maximum atomic E-state index is 11.8. The number of likely N-dealkylation sites (tertiary alicyclic amines) is 1. The van der Waals surface area contributed by atoms with Gasteiger partial charge < -0.3 is 15.4 Å². The number of piperidine rings is 1. The first-order chi connectivity index (χ1) is 6.87. The van der Waals surface area contributed by atoms with Crippen molar-refractivity contribution < 1.29 is 9.53 Å². The van der Waals surface area contributed by atoms with Gasteiger partial charge in [0.05, 0.1) is 0 Å². The van der Waals surface area contributed by atoms with E-state index in [-0.39, 0.29) is 12.1 Å². The van der Waals surface area contributed by atoms with E-state index in [1.54, 1.807) is 4.90 Å². The highest BCUT2D eigenvalue weighted by Gasteiger charge is 2.48. The summed E-state index contributed by atoms with van der Waals surface area (Å²) < 4.78 is 5.32. The van der Waals surface area contributed by atoms with Crippen LogP contribution in [0.1, 0.15) is 27.2 Å². The number of nitrogens with zero attached hydrogens (tertiary/aromatic N) is 1. The van der Waals surface area contributed by atoms with Gasteiger partial charge in [0, 0.05) is 19.1 Å². The van der Waals surface area contributed by atoms with Gasteiger partial charge in [-0.2, -0.15) is 0 Å². The summed E-state index contributed by atoms with van der Waals surface area (Å²) in [5.74, 6) is 1.28. The van der Waals surface area contributed by atoms with Crippen molar-refractivity contribution in [1.29, 1.82) is 0 Å². The fraction of sp³-hybridized carbons (Fsp3) is 0.909. The Kier molecular flexibility index (Phi) is 2.41. The van der Waals surface area contributed by atoms with Crippen LogP contribution < -0.4 is 5.73 Å². The lowest BCUT2D eigenvalue weighted by molar-refractivity contribution is 0.0191. The molecule has 0 aromatic heterocycles. The van der Waals surface area contributed by atoms with Crippen LogP contribution in [0.25, 0.3) is 0 Å². The van der Waals surface area contributed by atoms with Crippen molar-refractivity contribution in [3.05, 3.63) is 0 Å². The predicted molar refractivity (Wildman–Crippen MR) is 57.4 cm³/mol. The minimum atomic E-state index is -0.415. The van der Waals surface area contributed by atoms with E-state index in [1.165, 1.54) is 6.42 Å². The lowest BCUT2D eigenvalue weighted by Gasteiger charge is -2.32. The van der Waals surface area contributed by atoms with Gasteiger partial charge in [-0.05, 0) is 39.0 Å². The molecule has 3 atom stereocenters. The number of rotatable bonds is 0. The molecule has 0 unspecified atom stereocenters. The average molecular weight is 212 g/mol. The average Bonchev–Trinajstić information content (AvgIpc) is 2.79. The molecule has 0 spiro atoms. The molecule has 1 aliphatic heterocycles. The van der Waals surface area contributed by atoms with Crippen molar-refractivity contribution in [2.24, 2.45) is 17.6 Å². The highest BCUT2D eigenvalue weighted by atomic mass is 16.6. The second-order valence-electron chi connectivity index (χ2n) is 5.71. The van der Waals surface area contributed by atoms with Gasteiger partial charge in [0.1, 0.15) is 5.60 Å². The molecule has 1 aliphatic carbocycles. The van der Waals surface area contributed by atoms with Crippen LogP contribution >= 0.6 is 0 Å². The van der Waals surface area contributed by atoms with Crippen LogP contribution in [0.15, 0.2) is 0 Å². The molecule has 4 heteroatoms. The number of amides is 1. The molecule has 2 aliphatic rings. The van der Waals surface area contributed by atoms with E-state index in [0.717, 1.165) is 6.54 Å². The summed E-state index contributed by atoms with van der Waals surface area (Å²) in [4.78, 5) is 13.5. The Morgan fingerprint density at radius 1 is 1.40 bits per heavy atom. The van der Waals surface area contributed by atoms with Gasteiger partial charge >= 0.3 is 6.09 Å². The first kappa shape index (κ1) is 10.7. The summed E-state index contributed by atoms with van der Waals surface area (Å²) in [7, 11) is 0. The molecule has 0 aromatic rings. The summed E-state index contributed by atoms with van der Waals surface area (Å²) in [6.07, 6.45) is 0.962. The van der Waals surface area contributed by atoms with Crippen molar-refractivity contribution in [3.8, 4) is 0 Å². The molecule has 0 aromatic carbocycles. The van der Waals surface area contributed by atoms with Crippen LogP contribution in [0.2, 0.25) is 0 Å². The molecule has 4 nitrogen and oxygen atoms in total. The maximum Gasteiger partial charge on any atom is 0.410 e. The number of fused-ring (bicyclic) bond motifs is 1. The van der Waals surface area contributed by atoms with Crippen LogP contribution in [0.5, 0.6) is 0 Å². The second-order valence-corrected chi connectivity index (χ2v) is 5.71. The third-order valence-electron chi connectivity index (χ3n) is 3.07. The molecule has 1 saturated carbocycles. The number of carbonyl (C=O) groups is 1.